The molecule has 0 bridgehead atoms. The highest BCUT2D eigenvalue weighted by atomic mass is 16.5. The number of carbonyl (C=O) groups excluding carboxylic acids is 4. The van der Waals surface area contributed by atoms with Crippen molar-refractivity contribution in [3.8, 4) is 11.5 Å². The van der Waals surface area contributed by atoms with E-state index in [0.717, 1.165) is 10.5 Å². The topological polar surface area (TPSA) is 119 Å². The van der Waals surface area contributed by atoms with Gasteiger partial charge in [0.2, 0.25) is 11.8 Å². The highest BCUT2D eigenvalue weighted by Crippen LogP contribution is 2.37. The van der Waals surface area contributed by atoms with Gasteiger partial charge in [0.1, 0.15) is 17.5 Å². The molecule has 2 aromatic carbocycles. The number of rotatable bonds is 3. The Morgan fingerprint density at radius 2 is 1.81 bits per heavy atom. The number of benzene rings is 2. The number of hydrogen-bond donors (Lipinski definition) is 2. The zero-order chi connectivity index (χ0) is 22.5. The van der Waals surface area contributed by atoms with Gasteiger partial charge >= 0.3 is 0 Å². The first-order valence-electron chi connectivity index (χ1n) is 10.00. The molecule has 0 radical (unpaired) electrons. The molecule has 4 rings (SSSR count). The normalized spacial score (nSPS) is 18.8. The minimum Gasteiger partial charge on any atom is -0.456 e. The van der Waals surface area contributed by atoms with Gasteiger partial charge in [0.05, 0.1) is 11.1 Å². The smallest absolute Gasteiger partial charge is 0.266 e. The average molecular weight is 421 g/mol. The number of nitrogens with zero attached hydrogens (tertiary/aromatic N) is 1. The van der Waals surface area contributed by atoms with Gasteiger partial charge in [-0.05, 0) is 41.7 Å². The first-order valence-corrected chi connectivity index (χ1v) is 10.00. The van der Waals surface area contributed by atoms with Gasteiger partial charge < -0.3 is 10.5 Å². The van der Waals surface area contributed by atoms with Gasteiger partial charge in [-0.15, -0.1) is 0 Å². The number of imide groups is 2. The van der Waals surface area contributed by atoms with Crippen LogP contribution in [0.5, 0.6) is 11.5 Å². The standard InChI is InChI=1S/C23H23N3O5/c1-23(2,3)12-9-13(24)11-14(10-12)31-17-6-4-5-15-19(17)22(30)26(21(15)29)16-7-8-18(27)25-20(16)28/h4-6,9-11,16H,7-8,24H2,1-3H3,(H,25,27,28). The molecule has 2 heterocycles. The molecule has 0 saturated carbocycles. The number of nitrogens with two attached hydrogens (primary N) is 1. The third-order valence-corrected chi connectivity index (χ3v) is 5.45. The largest absolute Gasteiger partial charge is 0.456 e. The maximum atomic E-state index is 13.2. The molecule has 0 spiro atoms. The number of carbonyl (C=O) groups is 4. The van der Waals surface area contributed by atoms with Crippen LogP contribution in [0, 0.1) is 0 Å². The Morgan fingerprint density at radius 3 is 2.48 bits per heavy atom. The number of piperidine rings is 1. The summed E-state index contributed by atoms with van der Waals surface area (Å²) in [5.41, 5.74) is 7.60. The molecule has 2 aliphatic rings. The summed E-state index contributed by atoms with van der Waals surface area (Å²) in [4.78, 5) is 50.7. The molecule has 8 nitrogen and oxygen atoms in total. The van der Waals surface area contributed by atoms with E-state index in [-0.39, 0.29) is 35.1 Å². The lowest BCUT2D eigenvalue weighted by molar-refractivity contribution is -0.136. The highest BCUT2D eigenvalue weighted by Gasteiger charge is 2.46. The fraction of sp³-hybridized carbons (Fsp3) is 0.304. The van der Waals surface area contributed by atoms with Crippen molar-refractivity contribution >= 4 is 29.3 Å². The Labute approximate surface area is 179 Å². The predicted molar refractivity (Wildman–Crippen MR) is 113 cm³/mol. The van der Waals surface area contributed by atoms with E-state index >= 15 is 0 Å². The van der Waals surface area contributed by atoms with Crippen LogP contribution in [0.15, 0.2) is 36.4 Å². The number of nitrogens with one attached hydrogen (secondary N) is 1. The van der Waals surface area contributed by atoms with Crippen LogP contribution in [-0.2, 0) is 15.0 Å². The predicted octanol–water partition coefficient (Wildman–Crippen LogP) is 2.76. The van der Waals surface area contributed by atoms with Crippen LogP contribution in [0.2, 0.25) is 0 Å². The van der Waals surface area contributed by atoms with Gasteiger partial charge in [-0.2, -0.15) is 0 Å². The molecule has 2 aliphatic heterocycles. The summed E-state index contributed by atoms with van der Waals surface area (Å²) in [5.74, 6) is -1.63. The number of fused-ring (bicyclic) bond motifs is 1. The lowest BCUT2D eigenvalue weighted by Gasteiger charge is -2.27. The summed E-state index contributed by atoms with van der Waals surface area (Å²) >= 11 is 0. The molecule has 0 aliphatic carbocycles. The van der Waals surface area contributed by atoms with Crippen LogP contribution < -0.4 is 15.8 Å². The summed E-state index contributed by atoms with van der Waals surface area (Å²) in [6.07, 6.45) is 0.155. The molecule has 1 unspecified atom stereocenters. The van der Waals surface area contributed by atoms with E-state index in [4.69, 9.17) is 10.5 Å². The monoisotopic (exact) mass is 421 g/mol. The van der Waals surface area contributed by atoms with E-state index in [1.165, 1.54) is 6.07 Å². The molecule has 31 heavy (non-hydrogen) atoms. The molecule has 160 valence electrons. The molecule has 8 heteroatoms. The fourth-order valence-corrected chi connectivity index (χ4v) is 3.81. The van der Waals surface area contributed by atoms with Crippen molar-refractivity contribution in [3.63, 3.8) is 0 Å². The van der Waals surface area contributed by atoms with Gasteiger partial charge in [0.25, 0.3) is 11.8 Å². The Kier molecular flexibility index (Phi) is 4.80. The molecular formula is C23H23N3O5. The van der Waals surface area contributed by atoms with E-state index in [0.29, 0.717) is 11.4 Å². The molecule has 0 aromatic heterocycles. The van der Waals surface area contributed by atoms with Crippen molar-refractivity contribution in [2.75, 3.05) is 5.73 Å². The SMILES string of the molecule is CC(C)(C)c1cc(N)cc(Oc2cccc3c2C(=O)N(C2CCC(=O)NC2=O)C3=O)c1. The fourth-order valence-electron chi connectivity index (χ4n) is 3.81. The highest BCUT2D eigenvalue weighted by molar-refractivity contribution is 6.24. The lowest BCUT2D eigenvalue weighted by atomic mass is 9.87. The van der Waals surface area contributed by atoms with E-state index in [1.54, 1.807) is 18.2 Å². The van der Waals surface area contributed by atoms with E-state index in [1.807, 2.05) is 32.9 Å². The molecule has 3 N–H and O–H groups in total. The molecule has 1 fully saturated rings. The van der Waals surface area contributed by atoms with Crippen LogP contribution in [0.4, 0.5) is 5.69 Å². The van der Waals surface area contributed by atoms with E-state index < -0.39 is 29.7 Å². The molecule has 2 aromatic rings. The Bertz CT molecular complexity index is 1130. The quantitative estimate of drug-likeness (QED) is 0.581. The lowest BCUT2D eigenvalue weighted by Crippen LogP contribution is -2.54. The van der Waals surface area contributed by atoms with Crippen molar-refractivity contribution in [1.29, 1.82) is 0 Å². The van der Waals surface area contributed by atoms with Crippen LogP contribution in [0.1, 0.15) is 59.9 Å². The third-order valence-electron chi connectivity index (χ3n) is 5.45. The van der Waals surface area contributed by atoms with Crippen LogP contribution in [0.3, 0.4) is 0 Å². The van der Waals surface area contributed by atoms with Gasteiger partial charge in [0.15, 0.2) is 0 Å². The number of hydrogen-bond acceptors (Lipinski definition) is 6. The van der Waals surface area contributed by atoms with Crippen LogP contribution >= 0.6 is 0 Å². The first-order chi connectivity index (χ1) is 14.6. The summed E-state index contributed by atoms with van der Waals surface area (Å²) in [6, 6.07) is 9.05. The molecule has 1 saturated heterocycles. The van der Waals surface area contributed by atoms with Crippen molar-refractivity contribution in [3.05, 3.63) is 53.1 Å². The Morgan fingerprint density at radius 1 is 1.06 bits per heavy atom. The number of ether oxygens (including phenoxy) is 1. The van der Waals surface area contributed by atoms with Crippen molar-refractivity contribution in [2.45, 2.75) is 45.1 Å². The van der Waals surface area contributed by atoms with Gasteiger partial charge in [-0.25, -0.2) is 0 Å². The molecular weight excluding hydrogens is 398 g/mol. The van der Waals surface area contributed by atoms with E-state index in [2.05, 4.69) is 5.32 Å². The second-order valence-corrected chi connectivity index (χ2v) is 8.77. The first kappa shape index (κ1) is 20.6. The maximum absolute atomic E-state index is 13.2. The zero-order valence-electron chi connectivity index (χ0n) is 17.5. The van der Waals surface area contributed by atoms with Crippen LogP contribution in [0.25, 0.3) is 0 Å². The zero-order valence-corrected chi connectivity index (χ0v) is 17.5. The average Bonchev–Trinajstić information content (AvgIpc) is 2.93. The number of anilines is 1. The third kappa shape index (κ3) is 3.65. The van der Waals surface area contributed by atoms with Crippen molar-refractivity contribution in [1.82, 2.24) is 10.2 Å². The second-order valence-electron chi connectivity index (χ2n) is 8.77. The van der Waals surface area contributed by atoms with Crippen molar-refractivity contribution in [2.24, 2.45) is 0 Å². The Balaban J connectivity index is 1.70. The maximum Gasteiger partial charge on any atom is 0.266 e. The van der Waals surface area contributed by atoms with Crippen molar-refractivity contribution < 1.29 is 23.9 Å². The van der Waals surface area contributed by atoms with Gasteiger partial charge in [-0.1, -0.05) is 26.8 Å². The summed E-state index contributed by atoms with van der Waals surface area (Å²) in [5, 5.41) is 2.19. The Hall–Kier alpha value is -3.68. The minimum atomic E-state index is -1.03. The summed E-state index contributed by atoms with van der Waals surface area (Å²) in [7, 11) is 0. The van der Waals surface area contributed by atoms with Gasteiger partial charge in [-0.3, -0.25) is 29.4 Å². The minimum absolute atomic E-state index is 0.0615. The summed E-state index contributed by atoms with van der Waals surface area (Å²) in [6.45, 7) is 6.14. The second kappa shape index (κ2) is 7.23. The van der Waals surface area contributed by atoms with Crippen LogP contribution in [-0.4, -0.2) is 34.6 Å². The van der Waals surface area contributed by atoms with Gasteiger partial charge in [0, 0.05) is 18.2 Å². The molecule has 1 atom stereocenters. The van der Waals surface area contributed by atoms with E-state index in [9.17, 15) is 19.2 Å². The number of nitrogen functional groups attached to an aromatic ring is 1. The summed E-state index contributed by atoms with van der Waals surface area (Å²) < 4.78 is 6.00. The number of amides is 4. The molecule has 4 amide bonds.